The van der Waals surface area contributed by atoms with Crippen molar-refractivity contribution in [3.63, 3.8) is 0 Å². The van der Waals surface area contributed by atoms with Gasteiger partial charge >= 0.3 is 0 Å². The van der Waals surface area contributed by atoms with Gasteiger partial charge in [0, 0.05) is 6.54 Å². The molecule has 24 heavy (non-hydrogen) atoms. The normalized spacial score (nSPS) is 9.92. The van der Waals surface area contributed by atoms with Crippen LogP contribution < -0.4 is 25.8 Å². The topological polar surface area (TPSA) is 85.6 Å². The van der Waals surface area contributed by atoms with E-state index >= 15 is 0 Å². The molecule has 0 aliphatic heterocycles. The predicted molar refractivity (Wildman–Crippen MR) is 97.6 cm³/mol. The van der Waals surface area contributed by atoms with Gasteiger partial charge in [-0.25, -0.2) is 0 Å². The van der Waals surface area contributed by atoms with Crippen molar-refractivity contribution in [1.82, 2.24) is 5.32 Å². The van der Waals surface area contributed by atoms with Crippen LogP contribution in [-0.2, 0) is 6.54 Å². The van der Waals surface area contributed by atoms with Crippen molar-refractivity contribution in [2.75, 3.05) is 19.5 Å². The molecule has 0 fully saturated rings. The Morgan fingerprint density at radius 1 is 1.12 bits per heavy atom. The van der Waals surface area contributed by atoms with E-state index in [9.17, 15) is 4.79 Å². The minimum Gasteiger partial charge on any atom is -0.493 e. The van der Waals surface area contributed by atoms with Gasteiger partial charge in [0.2, 0.25) is 0 Å². The molecule has 0 heterocycles. The third kappa shape index (κ3) is 4.36. The summed E-state index contributed by atoms with van der Waals surface area (Å²) in [7, 11) is 3.14. The highest BCUT2D eigenvalue weighted by Gasteiger charge is 2.12. The summed E-state index contributed by atoms with van der Waals surface area (Å²) >= 11 is 4.83. The maximum Gasteiger partial charge on any atom is 0.253 e. The minimum absolute atomic E-state index is 0.107. The molecule has 126 valence electrons. The fourth-order valence-corrected chi connectivity index (χ4v) is 2.30. The Bertz CT molecular complexity index is 750. The number of anilines is 1. The number of amides is 1. The van der Waals surface area contributed by atoms with Crippen molar-refractivity contribution in [2.45, 2.75) is 6.54 Å². The molecule has 0 saturated carbocycles. The second kappa shape index (κ2) is 8.16. The number of nitrogens with two attached hydrogens (primary N) is 1. The van der Waals surface area contributed by atoms with E-state index in [0.29, 0.717) is 29.3 Å². The smallest absolute Gasteiger partial charge is 0.253 e. The SMILES string of the molecule is COc1ccc(CNC(=O)c2ccccc2NC(N)=S)cc1OC. The van der Waals surface area contributed by atoms with Crippen LogP contribution in [0.15, 0.2) is 42.5 Å². The van der Waals surface area contributed by atoms with Crippen molar-refractivity contribution in [3.8, 4) is 11.5 Å². The number of carbonyl (C=O) groups excluding carboxylic acids is 1. The first kappa shape index (κ1) is 17.6. The third-order valence-electron chi connectivity index (χ3n) is 3.33. The molecular weight excluding hydrogens is 326 g/mol. The van der Waals surface area contributed by atoms with E-state index in [4.69, 9.17) is 27.4 Å². The van der Waals surface area contributed by atoms with Crippen LogP contribution in [0.4, 0.5) is 5.69 Å². The number of thiocarbonyl (C=S) groups is 1. The van der Waals surface area contributed by atoms with Crippen LogP contribution in [0.1, 0.15) is 15.9 Å². The number of hydrogen-bond acceptors (Lipinski definition) is 4. The number of hydrogen-bond donors (Lipinski definition) is 3. The Balaban J connectivity index is 2.10. The molecule has 0 aliphatic rings. The molecule has 1 amide bonds. The zero-order valence-electron chi connectivity index (χ0n) is 13.5. The van der Waals surface area contributed by atoms with E-state index in [1.54, 1.807) is 44.6 Å². The number of methoxy groups -OCH3 is 2. The molecule has 7 heteroatoms. The van der Waals surface area contributed by atoms with Gasteiger partial charge in [-0.05, 0) is 42.0 Å². The third-order valence-corrected chi connectivity index (χ3v) is 3.43. The monoisotopic (exact) mass is 345 g/mol. The summed E-state index contributed by atoms with van der Waals surface area (Å²) in [6, 6.07) is 12.5. The van der Waals surface area contributed by atoms with E-state index < -0.39 is 0 Å². The van der Waals surface area contributed by atoms with Crippen LogP contribution >= 0.6 is 12.2 Å². The number of ether oxygens (including phenoxy) is 2. The highest BCUT2D eigenvalue weighted by Crippen LogP contribution is 2.27. The van der Waals surface area contributed by atoms with Gasteiger partial charge in [-0.3, -0.25) is 4.79 Å². The molecule has 6 nitrogen and oxygen atoms in total. The zero-order chi connectivity index (χ0) is 17.5. The Hall–Kier alpha value is -2.80. The Morgan fingerprint density at radius 3 is 2.50 bits per heavy atom. The second-order valence-electron chi connectivity index (χ2n) is 4.91. The molecule has 0 bridgehead atoms. The first-order valence-corrected chi connectivity index (χ1v) is 7.60. The standard InChI is InChI=1S/C17H19N3O3S/c1-22-14-8-7-11(9-15(14)23-2)10-19-16(21)12-5-3-4-6-13(12)20-17(18)24/h3-9H,10H2,1-2H3,(H,19,21)(H3,18,20,24). The number of para-hydroxylation sites is 1. The lowest BCUT2D eigenvalue weighted by Crippen LogP contribution is -2.26. The number of carbonyl (C=O) groups is 1. The highest BCUT2D eigenvalue weighted by atomic mass is 32.1. The molecule has 0 atom stereocenters. The van der Waals surface area contributed by atoms with Gasteiger partial charge in [0.1, 0.15) is 0 Å². The second-order valence-corrected chi connectivity index (χ2v) is 5.35. The predicted octanol–water partition coefficient (Wildman–Crippen LogP) is 2.29. The maximum atomic E-state index is 12.4. The molecule has 2 aromatic carbocycles. The lowest BCUT2D eigenvalue weighted by molar-refractivity contribution is 0.0951. The maximum absolute atomic E-state index is 12.4. The van der Waals surface area contributed by atoms with Crippen molar-refractivity contribution in [1.29, 1.82) is 0 Å². The van der Waals surface area contributed by atoms with E-state index in [1.807, 2.05) is 12.1 Å². The zero-order valence-corrected chi connectivity index (χ0v) is 14.3. The Kier molecular flexibility index (Phi) is 5.97. The van der Waals surface area contributed by atoms with Gasteiger partial charge in [0.25, 0.3) is 5.91 Å². The van der Waals surface area contributed by atoms with Crippen molar-refractivity contribution >= 4 is 28.9 Å². The Labute approximate surface area is 146 Å². The molecule has 0 aromatic heterocycles. The van der Waals surface area contributed by atoms with Crippen LogP contribution in [0.25, 0.3) is 0 Å². The van der Waals surface area contributed by atoms with Gasteiger partial charge in [0.15, 0.2) is 16.6 Å². The van der Waals surface area contributed by atoms with E-state index in [1.165, 1.54) is 0 Å². The fraction of sp³-hybridized carbons (Fsp3) is 0.176. The van der Waals surface area contributed by atoms with Gasteiger partial charge in [-0.2, -0.15) is 0 Å². The van der Waals surface area contributed by atoms with Crippen LogP contribution in [0.3, 0.4) is 0 Å². The minimum atomic E-state index is -0.232. The van der Waals surface area contributed by atoms with Crippen molar-refractivity contribution < 1.29 is 14.3 Å². The average Bonchev–Trinajstić information content (AvgIpc) is 2.59. The summed E-state index contributed by atoms with van der Waals surface area (Å²) in [5, 5.41) is 5.76. The summed E-state index contributed by atoms with van der Waals surface area (Å²) in [6.07, 6.45) is 0. The first-order chi connectivity index (χ1) is 11.5. The summed E-state index contributed by atoms with van der Waals surface area (Å²) in [5.74, 6) is 1.02. The number of benzene rings is 2. The van der Waals surface area contributed by atoms with E-state index in [2.05, 4.69) is 10.6 Å². The molecule has 0 radical (unpaired) electrons. The van der Waals surface area contributed by atoms with Crippen LogP contribution in [0.5, 0.6) is 11.5 Å². The summed E-state index contributed by atoms with van der Waals surface area (Å²) in [5.41, 5.74) is 7.40. The highest BCUT2D eigenvalue weighted by molar-refractivity contribution is 7.80. The lowest BCUT2D eigenvalue weighted by atomic mass is 10.1. The molecular formula is C17H19N3O3S. The van der Waals surface area contributed by atoms with Crippen LogP contribution in [-0.4, -0.2) is 25.2 Å². The first-order valence-electron chi connectivity index (χ1n) is 7.19. The van der Waals surface area contributed by atoms with Crippen molar-refractivity contribution in [3.05, 3.63) is 53.6 Å². The summed E-state index contributed by atoms with van der Waals surface area (Å²) in [6.45, 7) is 0.348. The average molecular weight is 345 g/mol. The number of nitrogens with one attached hydrogen (secondary N) is 2. The van der Waals surface area contributed by atoms with E-state index in [-0.39, 0.29) is 11.0 Å². The largest absolute Gasteiger partial charge is 0.493 e. The molecule has 2 aromatic rings. The molecule has 0 spiro atoms. The molecule has 0 saturated heterocycles. The van der Waals surface area contributed by atoms with Gasteiger partial charge in [-0.1, -0.05) is 18.2 Å². The van der Waals surface area contributed by atoms with Gasteiger partial charge in [0.05, 0.1) is 25.5 Å². The molecule has 2 rings (SSSR count). The van der Waals surface area contributed by atoms with Crippen molar-refractivity contribution in [2.24, 2.45) is 5.73 Å². The molecule has 4 N–H and O–H groups in total. The summed E-state index contributed by atoms with van der Waals surface area (Å²) in [4.78, 5) is 12.4. The molecule has 0 unspecified atom stereocenters. The lowest BCUT2D eigenvalue weighted by Gasteiger charge is -2.12. The molecule has 0 aliphatic carbocycles. The fourth-order valence-electron chi connectivity index (χ4n) is 2.19. The van der Waals surface area contributed by atoms with Crippen LogP contribution in [0, 0.1) is 0 Å². The Morgan fingerprint density at radius 2 is 1.83 bits per heavy atom. The van der Waals surface area contributed by atoms with Gasteiger partial charge in [-0.15, -0.1) is 0 Å². The quantitative estimate of drug-likeness (QED) is 0.697. The number of rotatable bonds is 6. The van der Waals surface area contributed by atoms with Crippen LogP contribution in [0.2, 0.25) is 0 Å². The van der Waals surface area contributed by atoms with E-state index in [0.717, 1.165) is 5.56 Å². The van der Waals surface area contributed by atoms with Gasteiger partial charge < -0.3 is 25.8 Å². The summed E-state index contributed by atoms with van der Waals surface area (Å²) < 4.78 is 10.4.